The standard InChI is InChI=1S/C67H76BN3/c1-38-32-42(62(7,8)9)33-39(2)59(38)69-51-27-25-48-54(44-22-16-17-23-47(44)63(48,10)11)58(51)68-56-46-37-45(46)40(3)55-60(56)71(67(15)31-21-19-29-65(55,67)13)53-36-43(35-52(69)57(53)68)70-50-26-24-41(61(4,5)6)34-49(50)64(12)28-18-20-30-66(64,70)14/h16-17,22-27,32-36H,18-21,28-31,37H2,1-15H3. The molecule has 8 aliphatic rings. The Morgan fingerprint density at radius 2 is 1.13 bits per heavy atom. The average molecular weight is 934 g/mol. The molecular weight excluding hydrogens is 858 g/mol. The number of anilines is 7. The summed E-state index contributed by atoms with van der Waals surface area (Å²) in [4.78, 5) is 8.76. The zero-order valence-electron chi connectivity index (χ0n) is 45.8. The fourth-order valence-electron chi connectivity index (χ4n) is 17.3. The molecule has 4 atom stereocenters. The second kappa shape index (κ2) is 13.5. The van der Waals surface area contributed by atoms with Crippen LogP contribution in [-0.4, -0.2) is 17.8 Å². The van der Waals surface area contributed by atoms with E-state index in [1.807, 2.05) is 0 Å². The SMILES string of the molecule is Cc1cc(C(C)(C)C)cc(C)c1N1c2cc(N3c4ccc(C(C)(C)C)cc4C4(C)CCCCC34C)cc3c2B(c2c1ccc1c2-c2ccccc2C1(C)C)c1c2c(c(C)c4c1N3C1(C)CCCCC41C)C2. The van der Waals surface area contributed by atoms with Gasteiger partial charge in [0.2, 0.25) is 0 Å². The third-order valence-electron chi connectivity index (χ3n) is 21.6. The molecule has 0 N–H and O–H groups in total. The van der Waals surface area contributed by atoms with Gasteiger partial charge in [-0.3, -0.25) is 0 Å². The van der Waals surface area contributed by atoms with Crippen LogP contribution in [0.25, 0.3) is 11.1 Å². The summed E-state index contributed by atoms with van der Waals surface area (Å²) in [5, 5.41) is 0. The molecule has 71 heavy (non-hydrogen) atoms. The lowest BCUT2D eigenvalue weighted by atomic mass is 9.32. The molecular formula is C67H76BN3. The molecule has 0 radical (unpaired) electrons. The van der Waals surface area contributed by atoms with Crippen LogP contribution in [0.1, 0.15) is 196 Å². The van der Waals surface area contributed by atoms with Crippen LogP contribution in [0, 0.1) is 20.8 Å². The Labute approximate surface area is 426 Å². The van der Waals surface area contributed by atoms with Crippen molar-refractivity contribution in [2.75, 3.05) is 14.7 Å². The lowest BCUT2D eigenvalue weighted by molar-refractivity contribution is 0.193. The molecule has 4 unspecified atom stereocenters. The fourth-order valence-corrected chi connectivity index (χ4v) is 17.3. The number of nitrogens with zero attached hydrogens (tertiary/aromatic N) is 3. The van der Waals surface area contributed by atoms with Crippen molar-refractivity contribution in [1.29, 1.82) is 0 Å². The molecule has 0 amide bonds. The van der Waals surface area contributed by atoms with E-state index in [1.54, 1.807) is 39.0 Å². The van der Waals surface area contributed by atoms with Crippen LogP contribution >= 0.6 is 0 Å². The maximum Gasteiger partial charge on any atom is 0.253 e. The molecule has 4 heteroatoms. The van der Waals surface area contributed by atoms with Crippen molar-refractivity contribution in [3.8, 4) is 11.1 Å². The topological polar surface area (TPSA) is 9.72 Å². The largest absolute Gasteiger partial charge is 0.335 e. The summed E-state index contributed by atoms with van der Waals surface area (Å²) >= 11 is 0. The first-order chi connectivity index (χ1) is 33.5. The minimum absolute atomic E-state index is 0.0169. The van der Waals surface area contributed by atoms with E-state index < -0.39 is 0 Å². The van der Waals surface area contributed by atoms with E-state index in [0.717, 1.165) is 6.42 Å². The molecule has 4 heterocycles. The summed E-state index contributed by atoms with van der Waals surface area (Å²) in [7, 11) is 0. The van der Waals surface area contributed by atoms with Crippen LogP contribution in [0.15, 0.2) is 78.9 Å². The van der Waals surface area contributed by atoms with Crippen LogP contribution in [0.5, 0.6) is 0 Å². The number of hydrogen-bond acceptors (Lipinski definition) is 3. The van der Waals surface area contributed by atoms with Crippen LogP contribution in [0.3, 0.4) is 0 Å². The molecule has 2 fully saturated rings. The van der Waals surface area contributed by atoms with Gasteiger partial charge < -0.3 is 14.7 Å². The smallest absolute Gasteiger partial charge is 0.253 e. The monoisotopic (exact) mass is 934 g/mol. The highest BCUT2D eigenvalue weighted by atomic mass is 15.3. The molecule has 0 spiro atoms. The van der Waals surface area contributed by atoms with E-state index in [4.69, 9.17) is 0 Å². The van der Waals surface area contributed by atoms with Gasteiger partial charge in [-0.1, -0.05) is 150 Å². The molecule has 2 saturated carbocycles. The second-order valence-corrected chi connectivity index (χ2v) is 27.6. The first kappa shape index (κ1) is 44.5. The Bertz CT molecular complexity index is 3410. The molecule has 0 saturated heterocycles. The molecule has 0 bridgehead atoms. The van der Waals surface area contributed by atoms with Gasteiger partial charge in [0, 0.05) is 50.4 Å². The first-order valence-corrected chi connectivity index (χ1v) is 27.8. The lowest BCUT2D eigenvalue weighted by Crippen LogP contribution is -2.65. The van der Waals surface area contributed by atoms with Crippen molar-refractivity contribution < 1.29 is 0 Å². The second-order valence-electron chi connectivity index (χ2n) is 27.6. The summed E-state index contributed by atoms with van der Waals surface area (Å²) in [6, 6.07) is 32.7. The molecule has 14 rings (SSSR count). The maximum atomic E-state index is 3.04. The van der Waals surface area contributed by atoms with E-state index in [2.05, 4.69) is 197 Å². The van der Waals surface area contributed by atoms with Crippen molar-refractivity contribution in [2.45, 2.75) is 200 Å². The normalized spacial score (nSPS) is 26.5. The minimum Gasteiger partial charge on any atom is -0.335 e. The average Bonchev–Trinajstić information content (AvgIpc) is 3.99. The van der Waals surface area contributed by atoms with Gasteiger partial charge >= 0.3 is 0 Å². The van der Waals surface area contributed by atoms with Gasteiger partial charge in [0.25, 0.3) is 6.71 Å². The van der Waals surface area contributed by atoms with Crippen LogP contribution in [0.4, 0.5) is 39.8 Å². The quantitative estimate of drug-likeness (QED) is 0.160. The Hall–Kier alpha value is -5.22. The number of hydrogen-bond donors (Lipinski definition) is 0. The van der Waals surface area contributed by atoms with Crippen LogP contribution < -0.4 is 31.1 Å². The molecule has 6 aromatic carbocycles. The van der Waals surface area contributed by atoms with E-state index in [0.29, 0.717) is 0 Å². The van der Waals surface area contributed by atoms with E-state index in [9.17, 15) is 0 Å². The van der Waals surface area contributed by atoms with Crippen LogP contribution in [0.2, 0.25) is 0 Å². The predicted octanol–water partition coefficient (Wildman–Crippen LogP) is 15.5. The summed E-state index contributed by atoms with van der Waals surface area (Å²) in [5.41, 5.74) is 34.0. The first-order valence-electron chi connectivity index (χ1n) is 27.8. The molecule has 0 aromatic heterocycles. The number of aryl methyl sites for hydroxylation is 2. The Kier molecular flexibility index (Phi) is 8.45. The number of benzene rings is 6. The van der Waals surface area contributed by atoms with E-state index in [-0.39, 0.29) is 44.9 Å². The maximum absolute atomic E-state index is 3.04. The van der Waals surface area contributed by atoms with Gasteiger partial charge in [-0.25, -0.2) is 0 Å². The summed E-state index contributed by atoms with van der Waals surface area (Å²) in [6.45, 7) is 37.4. The Morgan fingerprint density at radius 1 is 0.507 bits per heavy atom. The molecule has 4 aliphatic carbocycles. The van der Waals surface area contributed by atoms with Gasteiger partial charge in [0.05, 0.1) is 16.8 Å². The Morgan fingerprint density at radius 3 is 1.82 bits per heavy atom. The third-order valence-corrected chi connectivity index (χ3v) is 21.6. The summed E-state index contributed by atoms with van der Waals surface area (Å²) in [6.07, 6.45) is 11.1. The minimum atomic E-state index is -0.114. The van der Waals surface area contributed by atoms with Gasteiger partial charge in [0.15, 0.2) is 0 Å². The molecule has 3 nitrogen and oxygen atoms in total. The van der Waals surface area contributed by atoms with Gasteiger partial charge in [-0.05, 0) is 191 Å². The lowest BCUT2D eigenvalue weighted by Gasteiger charge is -2.54. The predicted molar refractivity (Wildman–Crippen MR) is 303 cm³/mol. The highest BCUT2D eigenvalue weighted by molar-refractivity contribution is 7.01. The molecule has 4 aliphatic heterocycles. The molecule has 6 aromatic rings. The zero-order valence-corrected chi connectivity index (χ0v) is 45.8. The van der Waals surface area contributed by atoms with E-state index >= 15 is 0 Å². The van der Waals surface area contributed by atoms with Crippen molar-refractivity contribution in [2.24, 2.45) is 0 Å². The van der Waals surface area contributed by atoms with Crippen LogP contribution in [-0.2, 0) is 33.5 Å². The zero-order chi connectivity index (χ0) is 49.6. The Balaban J connectivity index is 1.15. The highest BCUT2D eigenvalue weighted by Crippen LogP contribution is 2.67. The summed E-state index contributed by atoms with van der Waals surface area (Å²) in [5.74, 6) is 0. The van der Waals surface area contributed by atoms with Crippen molar-refractivity contribution in [1.82, 2.24) is 0 Å². The van der Waals surface area contributed by atoms with Gasteiger partial charge in [-0.15, -0.1) is 0 Å². The highest BCUT2D eigenvalue weighted by Gasteiger charge is 2.65. The van der Waals surface area contributed by atoms with E-state index in [1.165, 1.54) is 141 Å². The molecule has 362 valence electrons. The third kappa shape index (κ3) is 5.19. The van der Waals surface area contributed by atoms with Crippen molar-refractivity contribution in [3.05, 3.63) is 140 Å². The van der Waals surface area contributed by atoms with Crippen molar-refractivity contribution in [3.63, 3.8) is 0 Å². The van der Waals surface area contributed by atoms with Gasteiger partial charge in [0.1, 0.15) is 0 Å². The van der Waals surface area contributed by atoms with Crippen molar-refractivity contribution >= 4 is 62.9 Å². The number of rotatable bonds is 2. The fraction of sp³-hybridized carbons (Fsp3) is 0.463. The van der Waals surface area contributed by atoms with Gasteiger partial charge in [-0.2, -0.15) is 0 Å². The summed E-state index contributed by atoms with van der Waals surface area (Å²) < 4.78 is 0. The number of fused-ring (bicyclic) bond motifs is 16.